The van der Waals surface area contributed by atoms with Crippen molar-refractivity contribution in [3.63, 3.8) is 0 Å². The zero-order valence-corrected chi connectivity index (χ0v) is 15.7. The number of carbonyl (C=O) groups is 1. The smallest absolute Gasteiger partial charge is 0.238 e. The SMILES string of the molecule is COc1ccc2nc(SC(C)C(=O)Nc3ncc(Cl)cc3Cl)[nH]c2c1. The third-order valence-electron chi connectivity index (χ3n) is 3.37. The summed E-state index contributed by atoms with van der Waals surface area (Å²) in [5.74, 6) is 0.777. The Morgan fingerprint density at radius 3 is 2.88 bits per heavy atom. The van der Waals surface area contributed by atoms with Crippen LogP contribution in [0.15, 0.2) is 35.6 Å². The molecule has 130 valence electrons. The molecule has 3 rings (SSSR count). The number of aromatic nitrogens is 3. The Kier molecular flexibility index (Phi) is 5.36. The van der Waals surface area contributed by atoms with Crippen LogP contribution in [-0.4, -0.2) is 33.2 Å². The first-order valence-corrected chi connectivity index (χ1v) is 8.92. The van der Waals surface area contributed by atoms with Gasteiger partial charge in [0, 0.05) is 12.3 Å². The number of ether oxygens (including phenoxy) is 1. The van der Waals surface area contributed by atoms with Crippen molar-refractivity contribution in [2.75, 3.05) is 12.4 Å². The first-order valence-electron chi connectivity index (χ1n) is 7.28. The average molecular weight is 397 g/mol. The lowest BCUT2D eigenvalue weighted by Gasteiger charge is -2.11. The fourth-order valence-electron chi connectivity index (χ4n) is 2.09. The number of fused-ring (bicyclic) bond motifs is 1. The fourth-order valence-corrected chi connectivity index (χ4v) is 3.34. The molecule has 0 radical (unpaired) electrons. The van der Waals surface area contributed by atoms with Crippen LogP contribution in [0.2, 0.25) is 10.0 Å². The summed E-state index contributed by atoms with van der Waals surface area (Å²) in [4.78, 5) is 24.0. The summed E-state index contributed by atoms with van der Waals surface area (Å²) in [7, 11) is 1.61. The number of carbonyl (C=O) groups excluding carboxylic acids is 1. The summed E-state index contributed by atoms with van der Waals surface area (Å²) >= 11 is 13.1. The predicted octanol–water partition coefficient (Wildman–Crippen LogP) is 4.39. The molecule has 1 atom stereocenters. The Morgan fingerprint density at radius 2 is 2.16 bits per heavy atom. The molecule has 2 heterocycles. The highest BCUT2D eigenvalue weighted by molar-refractivity contribution is 8.00. The van der Waals surface area contributed by atoms with Gasteiger partial charge in [-0.25, -0.2) is 9.97 Å². The first kappa shape index (κ1) is 17.8. The van der Waals surface area contributed by atoms with Gasteiger partial charge in [0.15, 0.2) is 11.0 Å². The van der Waals surface area contributed by atoms with E-state index in [2.05, 4.69) is 20.3 Å². The van der Waals surface area contributed by atoms with Gasteiger partial charge < -0.3 is 15.0 Å². The van der Waals surface area contributed by atoms with Gasteiger partial charge in [0.2, 0.25) is 5.91 Å². The van der Waals surface area contributed by atoms with E-state index in [0.717, 1.165) is 16.8 Å². The van der Waals surface area contributed by atoms with Crippen LogP contribution in [0.1, 0.15) is 6.92 Å². The second-order valence-electron chi connectivity index (χ2n) is 5.16. The van der Waals surface area contributed by atoms with E-state index >= 15 is 0 Å². The number of benzene rings is 1. The standard InChI is InChI=1S/C16H14Cl2N4O2S/c1-8(15(23)22-14-11(18)5-9(17)7-19-14)25-16-20-12-4-3-10(24-2)6-13(12)21-16/h3-8H,1-2H3,(H,20,21)(H,19,22,23). The number of halogens is 2. The largest absolute Gasteiger partial charge is 0.497 e. The highest BCUT2D eigenvalue weighted by Gasteiger charge is 2.18. The quantitative estimate of drug-likeness (QED) is 0.624. The number of hydrogen-bond acceptors (Lipinski definition) is 5. The molecule has 0 bridgehead atoms. The van der Waals surface area contributed by atoms with Gasteiger partial charge in [-0.15, -0.1) is 0 Å². The zero-order chi connectivity index (χ0) is 18.0. The van der Waals surface area contributed by atoms with Gasteiger partial charge >= 0.3 is 0 Å². The molecule has 0 spiro atoms. The van der Waals surface area contributed by atoms with Crippen molar-refractivity contribution < 1.29 is 9.53 Å². The Morgan fingerprint density at radius 1 is 1.36 bits per heavy atom. The van der Waals surface area contributed by atoms with Crippen molar-refractivity contribution in [2.24, 2.45) is 0 Å². The number of imidazole rings is 1. The molecule has 1 unspecified atom stereocenters. The summed E-state index contributed by atoms with van der Waals surface area (Å²) in [6.07, 6.45) is 1.42. The number of amides is 1. The van der Waals surface area contributed by atoms with E-state index in [1.165, 1.54) is 24.0 Å². The lowest BCUT2D eigenvalue weighted by atomic mass is 10.3. The molecule has 25 heavy (non-hydrogen) atoms. The van der Waals surface area contributed by atoms with E-state index in [9.17, 15) is 4.79 Å². The Bertz CT molecular complexity index is 932. The van der Waals surface area contributed by atoms with Gasteiger partial charge in [-0.3, -0.25) is 4.79 Å². The summed E-state index contributed by atoms with van der Waals surface area (Å²) in [5, 5.41) is 3.61. The topological polar surface area (TPSA) is 79.9 Å². The zero-order valence-electron chi connectivity index (χ0n) is 13.3. The second-order valence-corrected chi connectivity index (χ2v) is 7.33. The number of H-pyrrole nitrogens is 1. The van der Waals surface area contributed by atoms with Crippen LogP contribution in [0, 0.1) is 0 Å². The van der Waals surface area contributed by atoms with Crippen molar-refractivity contribution >= 4 is 57.7 Å². The predicted molar refractivity (Wildman–Crippen MR) is 101 cm³/mol. The molecular formula is C16H14Cl2N4O2S. The van der Waals surface area contributed by atoms with E-state index in [-0.39, 0.29) is 16.7 Å². The molecule has 0 saturated carbocycles. The molecule has 0 aliphatic heterocycles. The van der Waals surface area contributed by atoms with Crippen LogP contribution < -0.4 is 10.1 Å². The van der Waals surface area contributed by atoms with Crippen molar-refractivity contribution in [3.8, 4) is 5.75 Å². The molecule has 0 aliphatic carbocycles. The Hall–Kier alpha value is -1.96. The minimum Gasteiger partial charge on any atom is -0.497 e. The number of nitrogens with one attached hydrogen (secondary N) is 2. The number of thioether (sulfide) groups is 1. The van der Waals surface area contributed by atoms with Crippen molar-refractivity contribution in [1.29, 1.82) is 0 Å². The lowest BCUT2D eigenvalue weighted by molar-refractivity contribution is -0.115. The molecule has 1 aromatic carbocycles. The van der Waals surface area contributed by atoms with E-state index in [4.69, 9.17) is 27.9 Å². The van der Waals surface area contributed by atoms with E-state index in [0.29, 0.717) is 10.2 Å². The molecule has 2 aromatic heterocycles. The summed E-state index contributed by atoms with van der Waals surface area (Å²) in [5.41, 5.74) is 1.65. The summed E-state index contributed by atoms with van der Waals surface area (Å²) in [6, 6.07) is 7.07. The summed E-state index contributed by atoms with van der Waals surface area (Å²) in [6.45, 7) is 1.78. The third kappa shape index (κ3) is 4.18. The lowest BCUT2D eigenvalue weighted by Crippen LogP contribution is -2.23. The number of pyridine rings is 1. The highest BCUT2D eigenvalue weighted by Crippen LogP contribution is 2.27. The van der Waals surface area contributed by atoms with E-state index in [1.54, 1.807) is 14.0 Å². The number of hydrogen-bond donors (Lipinski definition) is 2. The van der Waals surface area contributed by atoms with E-state index < -0.39 is 5.25 Å². The van der Waals surface area contributed by atoms with Gasteiger partial charge in [-0.05, 0) is 25.1 Å². The van der Waals surface area contributed by atoms with Crippen molar-refractivity contribution in [3.05, 3.63) is 40.5 Å². The Labute approximate surface area is 158 Å². The number of methoxy groups -OCH3 is 1. The minimum atomic E-state index is -0.406. The molecule has 6 nitrogen and oxygen atoms in total. The van der Waals surface area contributed by atoms with Crippen LogP contribution in [0.4, 0.5) is 5.82 Å². The molecular weight excluding hydrogens is 383 g/mol. The van der Waals surface area contributed by atoms with E-state index in [1.807, 2.05) is 18.2 Å². The second kappa shape index (κ2) is 7.51. The molecule has 9 heteroatoms. The number of anilines is 1. The maximum atomic E-state index is 12.3. The van der Waals surface area contributed by atoms with Gasteiger partial charge in [0.25, 0.3) is 0 Å². The minimum absolute atomic E-state index is 0.236. The third-order valence-corrected chi connectivity index (χ3v) is 4.85. The van der Waals surface area contributed by atoms with Gasteiger partial charge in [-0.1, -0.05) is 35.0 Å². The van der Waals surface area contributed by atoms with Crippen molar-refractivity contribution in [2.45, 2.75) is 17.3 Å². The maximum Gasteiger partial charge on any atom is 0.238 e. The Balaban J connectivity index is 1.70. The van der Waals surface area contributed by atoms with Crippen LogP contribution in [0.25, 0.3) is 11.0 Å². The van der Waals surface area contributed by atoms with Gasteiger partial charge in [0.05, 0.1) is 33.4 Å². The molecule has 2 N–H and O–H groups in total. The maximum absolute atomic E-state index is 12.3. The number of nitrogens with zero attached hydrogens (tertiary/aromatic N) is 2. The highest BCUT2D eigenvalue weighted by atomic mass is 35.5. The molecule has 0 aliphatic rings. The first-order chi connectivity index (χ1) is 12.0. The molecule has 1 amide bonds. The van der Waals surface area contributed by atoms with Crippen LogP contribution in [-0.2, 0) is 4.79 Å². The normalized spacial score (nSPS) is 12.2. The van der Waals surface area contributed by atoms with Crippen molar-refractivity contribution in [1.82, 2.24) is 15.0 Å². The monoisotopic (exact) mass is 396 g/mol. The molecule has 3 aromatic rings. The number of rotatable bonds is 5. The summed E-state index contributed by atoms with van der Waals surface area (Å²) < 4.78 is 5.19. The fraction of sp³-hybridized carbons (Fsp3) is 0.188. The van der Waals surface area contributed by atoms with Crippen LogP contribution in [0.5, 0.6) is 5.75 Å². The van der Waals surface area contributed by atoms with Gasteiger partial charge in [0.1, 0.15) is 5.75 Å². The van der Waals surface area contributed by atoms with Gasteiger partial charge in [-0.2, -0.15) is 0 Å². The van der Waals surface area contributed by atoms with Crippen LogP contribution >= 0.6 is 35.0 Å². The number of aromatic amines is 1. The van der Waals surface area contributed by atoms with Crippen LogP contribution in [0.3, 0.4) is 0 Å². The molecule has 0 fully saturated rings. The average Bonchev–Trinajstić information content (AvgIpc) is 2.98. The molecule has 0 saturated heterocycles.